The summed E-state index contributed by atoms with van der Waals surface area (Å²) in [4.78, 5) is 21.3. The third-order valence-electron chi connectivity index (χ3n) is 4.92. The van der Waals surface area contributed by atoms with Gasteiger partial charge in [0.25, 0.3) is 0 Å². The van der Waals surface area contributed by atoms with E-state index in [9.17, 15) is 9.59 Å². The first-order chi connectivity index (χ1) is 13.8. The first-order valence-corrected chi connectivity index (χ1v) is 9.81. The van der Waals surface area contributed by atoms with E-state index in [0.717, 1.165) is 41.5 Å². The van der Waals surface area contributed by atoms with Crippen LogP contribution < -0.4 is 0 Å². The molecular formula is C25H28O4. The summed E-state index contributed by atoms with van der Waals surface area (Å²) in [6.45, 7) is 3.86. The van der Waals surface area contributed by atoms with E-state index in [2.05, 4.69) is 24.3 Å². The van der Waals surface area contributed by atoms with Crippen molar-refractivity contribution in [2.24, 2.45) is 0 Å². The number of carboxylic acid groups (broad SMARTS) is 2. The Kier molecular flexibility index (Phi) is 8.41. The van der Waals surface area contributed by atoms with Crippen LogP contribution in [0.5, 0.6) is 0 Å². The molecular weight excluding hydrogens is 364 g/mol. The molecule has 2 aromatic carbocycles. The van der Waals surface area contributed by atoms with E-state index >= 15 is 0 Å². The van der Waals surface area contributed by atoms with Crippen molar-refractivity contribution >= 4 is 23.1 Å². The maximum atomic E-state index is 10.7. The molecule has 0 aliphatic heterocycles. The maximum absolute atomic E-state index is 10.7. The van der Waals surface area contributed by atoms with Crippen molar-refractivity contribution in [3.05, 3.63) is 82.9 Å². The number of aryl methyl sites for hydroxylation is 2. The molecule has 4 heteroatoms. The molecule has 2 N–H and O–H groups in total. The van der Waals surface area contributed by atoms with E-state index in [-0.39, 0.29) is 12.8 Å². The zero-order valence-electron chi connectivity index (χ0n) is 17.0. The smallest absolute Gasteiger partial charge is 0.307 e. The van der Waals surface area contributed by atoms with Gasteiger partial charge < -0.3 is 10.2 Å². The van der Waals surface area contributed by atoms with Gasteiger partial charge in [-0.3, -0.25) is 9.59 Å². The Morgan fingerprint density at radius 3 is 1.34 bits per heavy atom. The van der Waals surface area contributed by atoms with Crippen LogP contribution in [-0.2, 0) is 22.4 Å². The highest BCUT2D eigenvalue weighted by molar-refractivity contribution is 5.74. The summed E-state index contributed by atoms with van der Waals surface area (Å²) in [6, 6.07) is 16.6. The molecule has 0 bridgehead atoms. The Morgan fingerprint density at radius 2 is 1.03 bits per heavy atom. The Balaban J connectivity index is 1.85. The van der Waals surface area contributed by atoms with Crippen LogP contribution in [0.25, 0.3) is 11.1 Å². The molecule has 0 heterocycles. The lowest BCUT2D eigenvalue weighted by Crippen LogP contribution is -1.93. The molecule has 0 saturated carbocycles. The van der Waals surface area contributed by atoms with Crippen molar-refractivity contribution in [1.82, 2.24) is 0 Å². The molecule has 0 spiro atoms. The Bertz CT molecular complexity index is 812. The monoisotopic (exact) mass is 392 g/mol. The largest absolute Gasteiger partial charge is 0.481 e. The van der Waals surface area contributed by atoms with E-state index in [1.807, 2.05) is 38.1 Å². The SMILES string of the molecule is CC(=CCC(=O)O)c1ccc(CCCc2ccc(C(C)=CCC(=O)O)cc2)cc1. The average Bonchev–Trinajstić information content (AvgIpc) is 2.71. The number of benzene rings is 2. The van der Waals surface area contributed by atoms with Crippen LogP contribution in [0, 0.1) is 0 Å². The zero-order chi connectivity index (χ0) is 21.2. The molecule has 29 heavy (non-hydrogen) atoms. The molecule has 0 radical (unpaired) electrons. The van der Waals surface area contributed by atoms with Crippen molar-refractivity contribution in [2.45, 2.75) is 46.0 Å². The Morgan fingerprint density at radius 1 is 0.690 bits per heavy atom. The minimum Gasteiger partial charge on any atom is -0.481 e. The van der Waals surface area contributed by atoms with Gasteiger partial charge in [0.1, 0.15) is 0 Å². The molecule has 0 fully saturated rings. The van der Waals surface area contributed by atoms with Crippen molar-refractivity contribution in [3.63, 3.8) is 0 Å². The standard InChI is InChI=1S/C25H28O4/c1-18(6-16-24(26)27)22-12-8-20(9-13-22)4-3-5-21-10-14-23(15-11-21)19(2)7-17-25(28)29/h6-15H,3-5,16-17H2,1-2H3,(H,26,27)(H,28,29). The fourth-order valence-electron chi connectivity index (χ4n) is 3.08. The molecule has 0 saturated heterocycles. The molecule has 0 aliphatic rings. The van der Waals surface area contributed by atoms with Gasteiger partial charge in [0.2, 0.25) is 0 Å². The van der Waals surface area contributed by atoms with Gasteiger partial charge >= 0.3 is 11.9 Å². The maximum Gasteiger partial charge on any atom is 0.307 e. The number of aliphatic carboxylic acids is 2. The Hall–Kier alpha value is -3.14. The predicted octanol–water partition coefficient (Wildman–Crippen LogP) is 5.62. The summed E-state index contributed by atoms with van der Waals surface area (Å²) >= 11 is 0. The molecule has 0 aliphatic carbocycles. The lowest BCUT2D eigenvalue weighted by Gasteiger charge is -2.07. The van der Waals surface area contributed by atoms with Crippen molar-refractivity contribution < 1.29 is 19.8 Å². The van der Waals surface area contributed by atoms with Gasteiger partial charge in [0.15, 0.2) is 0 Å². The normalized spacial score (nSPS) is 12.1. The first-order valence-electron chi connectivity index (χ1n) is 9.81. The second-order valence-electron chi connectivity index (χ2n) is 7.22. The van der Waals surface area contributed by atoms with Crippen LogP contribution in [0.3, 0.4) is 0 Å². The predicted molar refractivity (Wildman–Crippen MR) is 117 cm³/mol. The quantitative estimate of drug-likeness (QED) is 0.550. The van der Waals surface area contributed by atoms with Crippen molar-refractivity contribution in [3.8, 4) is 0 Å². The fourth-order valence-corrected chi connectivity index (χ4v) is 3.08. The average molecular weight is 392 g/mol. The third-order valence-corrected chi connectivity index (χ3v) is 4.92. The van der Waals surface area contributed by atoms with Crippen LogP contribution in [0.15, 0.2) is 60.7 Å². The fraction of sp³-hybridized carbons (Fsp3) is 0.280. The van der Waals surface area contributed by atoms with Gasteiger partial charge in [0, 0.05) is 0 Å². The van der Waals surface area contributed by atoms with E-state index < -0.39 is 11.9 Å². The zero-order valence-corrected chi connectivity index (χ0v) is 17.0. The molecule has 0 aromatic heterocycles. The Labute approximate surface area is 172 Å². The van der Waals surface area contributed by atoms with Gasteiger partial charge in [-0.25, -0.2) is 0 Å². The number of allylic oxidation sites excluding steroid dienone is 2. The summed E-state index contributed by atoms with van der Waals surface area (Å²) < 4.78 is 0. The first kappa shape index (κ1) is 22.2. The minimum absolute atomic E-state index is 0.0429. The summed E-state index contributed by atoms with van der Waals surface area (Å²) in [5.41, 5.74) is 6.60. The molecule has 0 atom stereocenters. The van der Waals surface area contributed by atoms with Gasteiger partial charge in [-0.1, -0.05) is 60.7 Å². The van der Waals surface area contributed by atoms with E-state index in [0.29, 0.717) is 0 Å². The van der Waals surface area contributed by atoms with E-state index in [4.69, 9.17) is 10.2 Å². The van der Waals surface area contributed by atoms with Gasteiger partial charge in [-0.05, 0) is 66.5 Å². The topological polar surface area (TPSA) is 74.6 Å². The molecule has 2 aromatic rings. The number of hydrogen-bond donors (Lipinski definition) is 2. The summed E-state index contributed by atoms with van der Waals surface area (Å²) in [6.07, 6.45) is 6.57. The van der Waals surface area contributed by atoms with Gasteiger partial charge in [-0.2, -0.15) is 0 Å². The molecule has 0 unspecified atom stereocenters. The molecule has 0 amide bonds. The second kappa shape index (κ2) is 11.0. The van der Waals surface area contributed by atoms with Crippen LogP contribution in [0.2, 0.25) is 0 Å². The van der Waals surface area contributed by atoms with E-state index in [1.165, 1.54) is 11.1 Å². The highest BCUT2D eigenvalue weighted by Crippen LogP contribution is 2.18. The van der Waals surface area contributed by atoms with Crippen molar-refractivity contribution in [2.75, 3.05) is 0 Å². The highest BCUT2D eigenvalue weighted by atomic mass is 16.4. The number of hydrogen-bond acceptors (Lipinski definition) is 2. The lowest BCUT2D eigenvalue weighted by molar-refractivity contribution is -0.137. The van der Waals surface area contributed by atoms with Gasteiger partial charge in [0.05, 0.1) is 12.8 Å². The molecule has 152 valence electrons. The lowest BCUT2D eigenvalue weighted by atomic mass is 9.99. The minimum atomic E-state index is -0.819. The van der Waals surface area contributed by atoms with Gasteiger partial charge in [-0.15, -0.1) is 0 Å². The molecule has 4 nitrogen and oxygen atoms in total. The molecule has 2 rings (SSSR count). The van der Waals surface area contributed by atoms with Crippen molar-refractivity contribution in [1.29, 1.82) is 0 Å². The summed E-state index contributed by atoms with van der Waals surface area (Å²) in [5, 5.41) is 17.5. The second-order valence-corrected chi connectivity index (χ2v) is 7.22. The third kappa shape index (κ3) is 7.78. The van der Waals surface area contributed by atoms with Crippen LogP contribution in [-0.4, -0.2) is 22.2 Å². The number of carbonyl (C=O) groups is 2. The van der Waals surface area contributed by atoms with E-state index in [1.54, 1.807) is 12.2 Å². The number of rotatable bonds is 10. The highest BCUT2D eigenvalue weighted by Gasteiger charge is 2.02. The van der Waals surface area contributed by atoms with Crippen LogP contribution in [0.4, 0.5) is 0 Å². The summed E-state index contributed by atoms with van der Waals surface area (Å²) in [7, 11) is 0. The van der Waals surface area contributed by atoms with Crippen LogP contribution >= 0.6 is 0 Å². The summed E-state index contributed by atoms with van der Waals surface area (Å²) in [5.74, 6) is -1.64. The number of carboxylic acids is 2. The van der Waals surface area contributed by atoms with Crippen LogP contribution in [0.1, 0.15) is 55.4 Å².